The van der Waals surface area contributed by atoms with Gasteiger partial charge in [0.05, 0.1) is 30.7 Å². The van der Waals surface area contributed by atoms with Gasteiger partial charge in [-0.2, -0.15) is 0 Å². The van der Waals surface area contributed by atoms with E-state index in [-0.39, 0.29) is 48.2 Å². The monoisotopic (exact) mass is 653 g/mol. The second kappa shape index (κ2) is 13.1. The van der Waals surface area contributed by atoms with Crippen LogP contribution >= 0.6 is 0 Å². The second-order valence-electron chi connectivity index (χ2n) is 11.3. The predicted octanol–water partition coefficient (Wildman–Crippen LogP) is 1.89. The van der Waals surface area contributed by atoms with Crippen LogP contribution in [0.15, 0.2) is 53.7 Å². The summed E-state index contributed by atoms with van der Waals surface area (Å²) in [5.74, 6) is -1.40. The van der Waals surface area contributed by atoms with E-state index in [1.807, 2.05) is 12.1 Å². The highest BCUT2D eigenvalue weighted by atomic mass is 16.5. The molecular weight excluding hydrogens is 622 g/mol. The van der Waals surface area contributed by atoms with E-state index in [2.05, 4.69) is 15.6 Å². The van der Waals surface area contributed by atoms with Crippen LogP contribution in [0.2, 0.25) is 0 Å². The van der Waals surface area contributed by atoms with Gasteiger partial charge in [0.15, 0.2) is 0 Å². The number of amides is 4. The maximum Gasteiger partial charge on any atom is 0.298 e. The number of rotatable bonds is 11. The minimum absolute atomic E-state index is 0.00685. The number of fused-ring (bicyclic) bond motifs is 2. The maximum absolute atomic E-state index is 13.6. The Labute approximate surface area is 273 Å². The van der Waals surface area contributed by atoms with Crippen molar-refractivity contribution in [2.24, 2.45) is 7.05 Å². The molecule has 14 nitrogen and oxygen atoms in total. The summed E-state index contributed by atoms with van der Waals surface area (Å²) in [5.41, 5.74) is 2.69. The molecule has 1 unspecified atom stereocenters. The first-order valence-corrected chi connectivity index (χ1v) is 15.0. The lowest BCUT2D eigenvalue weighted by Crippen LogP contribution is -2.54. The number of nitrogens with one attached hydrogen (secondary N) is 2. The van der Waals surface area contributed by atoms with Crippen molar-refractivity contribution in [3.63, 3.8) is 0 Å². The summed E-state index contributed by atoms with van der Waals surface area (Å²) >= 11 is 0. The number of carbonyl (C=O) groups is 5. The standard InChI is InChI=1S/C34H31N5O9/c1-38-16-25(21-7-9-36-14-23(21)32(38)43)19-11-27(46-2)24(28(12-19)47-3)15-35-8-6-18-10-20(48-17-40)13-22-30(18)34(45)39(33(22)44)26-4-5-29(41)37-31(26)42/h7,9-14,16-17,26,35H,4-6,8,15H2,1-3H3,(H,37,41,42). The Morgan fingerprint density at radius 2 is 1.75 bits per heavy atom. The van der Waals surface area contributed by atoms with Crippen LogP contribution in [0.3, 0.4) is 0 Å². The van der Waals surface area contributed by atoms with Gasteiger partial charge in [-0.25, -0.2) is 0 Å². The second-order valence-corrected chi connectivity index (χ2v) is 11.3. The summed E-state index contributed by atoms with van der Waals surface area (Å²) in [6, 6.07) is 7.19. The predicted molar refractivity (Wildman–Crippen MR) is 171 cm³/mol. The molecule has 4 aromatic rings. The number of aryl methyl sites for hydroxylation is 1. The highest BCUT2D eigenvalue weighted by Crippen LogP contribution is 2.37. The van der Waals surface area contributed by atoms with Crippen molar-refractivity contribution in [3.8, 4) is 28.4 Å². The normalized spacial score (nSPS) is 15.8. The van der Waals surface area contributed by atoms with Crippen molar-refractivity contribution in [1.29, 1.82) is 0 Å². The largest absolute Gasteiger partial charge is 0.496 e. The Kier molecular flexibility index (Phi) is 8.74. The van der Waals surface area contributed by atoms with E-state index < -0.39 is 29.7 Å². The molecule has 2 aromatic heterocycles. The molecule has 2 aliphatic rings. The van der Waals surface area contributed by atoms with Crippen LogP contribution in [-0.2, 0) is 34.4 Å². The molecule has 0 radical (unpaired) electrons. The Bertz CT molecular complexity index is 2050. The van der Waals surface area contributed by atoms with Gasteiger partial charge in [-0.15, -0.1) is 0 Å². The molecule has 4 amide bonds. The lowest BCUT2D eigenvalue weighted by atomic mass is 9.98. The van der Waals surface area contributed by atoms with Crippen LogP contribution in [0.25, 0.3) is 21.9 Å². The van der Waals surface area contributed by atoms with Crippen LogP contribution in [-0.4, -0.2) is 71.4 Å². The molecule has 2 N–H and O–H groups in total. The lowest BCUT2D eigenvalue weighted by molar-refractivity contribution is -0.136. The molecule has 1 fully saturated rings. The number of benzene rings is 2. The summed E-state index contributed by atoms with van der Waals surface area (Å²) < 4.78 is 18.0. The van der Waals surface area contributed by atoms with Crippen molar-refractivity contribution < 1.29 is 38.2 Å². The Hall–Kier alpha value is -5.89. The van der Waals surface area contributed by atoms with Crippen molar-refractivity contribution in [1.82, 2.24) is 25.1 Å². The van der Waals surface area contributed by atoms with Gasteiger partial charge in [-0.3, -0.25) is 44.0 Å². The number of ether oxygens (including phenoxy) is 3. The third-order valence-electron chi connectivity index (χ3n) is 8.56. The fraction of sp³-hybridized carbons (Fsp3) is 0.265. The molecule has 0 spiro atoms. The van der Waals surface area contributed by atoms with Gasteiger partial charge < -0.3 is 24.1 Å². The average molecular weight is 654 g/mol. The number of aromatic nitrogens is 2. The summed E-state index contributed by atoms with van der Waals surface area (Å²) in [6.45, 7) is 0.843. The first kappa shape index (κ1) is 32.1. The smallest absolute Gasteiger partial charge is 0.298 e. The first-order chi connectivity index (χ1) is 23.2. The molecule has 246 valence electrons. The van der Waals surface area contributed by atoms with E-state index >= 15 is 0 Å². The Morgan fingerprint density at radius 3 is 2.44 bits per heavy atom. The van der Waals surface area contributed by atoms with Gasteiger partial charge in [0.2, 0.25) is 11.8 Å². The summed E-state index contributed by atoms with van der Waals surface area (Å²) in [4.78, 5) is 80.0. The quantitative estimate of drug-likeness (QED) is 0.137. The third kappa shape index (κ3) is 5.66. The molecule has 48 heavy (non-hydrogen) atoms. The van der Waals surface area contributed by atoms with E-state index in [4.69, 9.17) is 14.2 Å². The minimum Gasteiger partial charge on any atom is -0.496 e. The number of hydrogen-bond acceptors (Lipinski definition) is 11. The third-order valence-corrected chi connectivity index (χ3v) is 8.56. The lowest BCUT2D eigenvalue weighted by Gasteiger charge is -2.27. The van der Waals surface area contributed by atoms with E-state index in [0.717, 1.165) is 27.0 Å². The number of hydrogen-bond donors (Lipinski definition) is 2. The van der Waals surface area contributed by atoms with Gasteiger partial charge in [-0.05, 0) is 66.2 Å². The molecule has 6 rings (SSSR count). The van der Waals surface area contributed by atoms with Crippen molar-refractivity contribution in [2.75, 3.05) is 20.8 Å². The summed E-state index contributed by atoms with van der Waals surface area (Å²) in [6.07, 6.45) is 5.19. The molecule has 1 atom stereocenters. The van der Waals surface area contributed by atoms with Gasteiger partial charge in [-0.1, -0.05) is 0 Å². The summed E-state index contributed by atoms with van der Waals surface area (Å²) in [7, 11) is 4.77. The van der Waals surface area contributed by atoms with Crippen LogP contribution in [0.4, 0.5) is 0 Å². The molecule has 1 saturated heterocycles. The number of piperidine rings is 1. The van der Waals surface area contributed by atoms with Crippen molar-refractivity contribution >= 4 is 40.9 Å². The van der Waals surface area contributed by atoms with Crippen LogP contribution in [0.1, 0.15) is 44.7 Å². The molecular formula is C34H31N5O9. The van der Waals surface area contributed by atoms with Crippen LogP contribution < -0.4 is 30.4 Å². The van der Waals surface area contributed by atoms with E-state index in [1.165, 1.54) is 16.7 Å². The van der Waals surface area contributed by atoms with Crippen molar-refractivity contribution in [3.05, 3.63) is 81.5 Å². The fourth-order valence-electron chi connectivity index (χ4n) is 6.26. The molecule has 0 aliphatic carbocycles. The zero-order valence-electron chi connectivity index (χ0n) is 26.3. The minimum atomic E-state index is -1.13. The highest BCUT2D eigenvalue weighted by Gasteiger charge is 2.45. The number of carbonyl (C=O) groups excluding carboxylic acids is 5. The maximum atomic E-state index is 13.6. The van der Waals surface area contributed by atoms with Gasteiger partial charge in [0, 0.05) is 49.7 Å². The molecule has 4 heterocycles. The molecule has 0 saturated carbocycles. The van der Waals surface area contributed by atoms with Crippen LogP contribution in [0, 0.1) is 0 Å². The topological polar surface area (TPSA) is 175 Å². The average Bonchev–Trinajstić information content (AvgIpc) is 3.33. The number of pyridine rings is 2. The van der Waals surface area contributed by atoms with Crippen LogP contribution in [0.5, 0.6) is 17.2 Å². The van der Waals surface area contributed by atoms with Gasteiger partial charge in [0.1, 0.15) is 23.3 Å². The number of nitrogens with zero attached hydrogens (tertiary/aromatic N) is 3. The number of imide groups is 2. The zero-order chi connectivity index (χ0) is 34.1. The fourth-order valence-corrected chi connectivity index (χ4v) is 6.26. The molecule has 2 aliphatic heterocycles. The van der Waals surface area contributed by atoms with Crippen molar-refractivity contribution in [2.45, 2.75) is 31.8 Å². The van der Waals surface area contributed by atoms with E-state index in [0.29, 0.717) is 35.5 Å². The highest BCUT2D eigenvalue weighted by molar-refractivity contribution is 6.24. The first-order valence-electron chi connectivity index (χ1n) is 15.0. The molecule has 14 heteroatoms. The van der Waals surface area contributed by atoms with E-state index in [1.54, 1.807) is 45.9 Å². The number of methoxy groups -OCH3 is 2. The van der Waals surface area contributed by atoms with Gasteiger partial charge in [0.25, 0.3) is 23.8 Å². The van der Waals surface area contributed by atoms with E-state index in [9.17, 15) is 28.8 Å². The molecule has 0 bridgehead atoms. The Balaban J connectivity index is 1.25. The zero-order valence-corrected chi connectivity index (χ0v) is 26.3. The summed E-state index contributed by atoms with van der Waals surface area (Å²) in [5, 5.41) is 6.72. The molecule has 2 aromatic carbocycles. The SMILES string of the molecule is COc1cc(-c2cn(C)c(=O)c3cnccc23)cc(OC)c1CNCCc1cc(OC=O)cc2c1C(=O)N(C1CCC(=O)NC1=O)C2=O. The Morgan fingerprint density at radius 1 is 1.00 bits per heavy atom. The van der Waals surface area contributed by atoms with Gasteiger partial charge >= 0.3 is 0 Å².